The smallest absolute Gasteiger partial charge is 0.222 e. The molecule has 0 saturated heterocycles. The maximum Gasteiger partial charge on any atom is 0.222 e. The van der Waals surface area contributed by atoms with Crippen molar-refractivity contribution in [2.45, 2.75) is 39.2 Å². The number of carbonyl (C=O) groups is 1. The van der Waals surface area contributed by atoms with Crippen LogP contribution in [-0.2, 0) is 35.8 Å². The van der Waals surface area contributed by atoms with Crippen molar-refractivity contribution < 1.29 is 19.0 Å². The normalized spacial score (nSPS) is 16.0. The summed E-state index contributed by atoms with van der Waals surface area (Å²) in [5, 5.41) is 12.9. The summed E-state index contributed by atoms with van der Waals surface area (Å²) in [6.45, 7) is 3.60. The van der Waals surface area contributed by atoms with Crippen molar-refractivity contribution in [2.75, 3.05) is 19.0 Å². The highest BCUT2D eigenvalue weighted by atomic mass is 35.5. The Kier molecular flexibility index (Phi) is 7.09. The number of amides is 1. The van der Waals surface area contributed by atoms with Gasteiger partial charge in [0.05, 0.1) is 24.3 Å². The van der Waals surface area contributed by atoms with Crippen LogP contribution in [0.25, 0.3) is 11.1 Å². The largest absolute Gasteiger partial charge is 0.392 e. The van der Waals surface area contributed by atoms with Crippen LogP contribution in [0.15, 0.2) is 42.7 Å². The van der Waals surface area contributed by atoms with E-state index in [1.165, 1.54) is 25.3 Å². The van der Waals surface area contributed by atoms with E-state index in [1.807, 2.05) is 6.20 Å². The second-order valence-corrected chi connectivity index (χ2v) is 8.60. The number of rotatable bonds is 7. The van der Waals surface area contributed by atoms with Crippen molar-refractivity contribution >= 4 is 23.3 Å². The van der Waals surface area contributed by atoms with E-state index in [-0.39, 0.29) is 24.4 Å². The van der Waals surface area contributed by atoms with E-state index in [0.29, 0.717) is 42.6 Å². The van der Waals surface area contributed by atoms with Gasteiger partial charge in [-0.2, -0.15) is 0 Å². The van der Waals surface area contributed by atoms with E-state index in [0.717, 1.165) is 22.4 Å². The van der Waals surface area contributed by atoms with Crippen LogP contribution in [0.2, 0.25) is 5.02 Å². The third-order valence-corrected chi connectivity index (χ3v) is 6.12. The highest BCUT2D eigenvalue weighted by Crippen LogP contribution is 2.33. The average molecular weight is 473 g/mol. The number of halogens is 2. The number of nitrogens with zero attached hydrogens (tertiary/aromatic N) is 3. The Morgan fingerprint density at radius 3 is 2.88 bits per heavy atom. The number of hydrogen-bond acceptors (Lipinski definition) is 5. The highest BCUT2D eigenvalue weighted by Gasteiger charge is 2.28. The fraction of sp³-hybridized carbons (Fsp3) is 0.333. The zero-order chi connectivity index (χ0) is 23.5. The monoisotopic (exact) mass is 472 g/mol. The Labute approximate surface area is 196 Å². The van der Waals surface area contributed by atoms with Gasteiger partial charge in [-0.15, -0.1) is 0 Å². The third-order valence-electron chi connectivity index (χ3n) is 5.82. The Bertz CT molecular complexity index is 1170. The molecule has 0 saturated carbocycles. The standard InChI is InChI=1S/C24H26ClFN4O3/c1-15(32)28-24-7-22(23(25)8-27-24)18-6-20-11-30(21(14-33-2)12-29(20)10-18)9-17-5-19(26)4-3-16(17)13-31/h3-8,10,21,31H,9,11-14H2,1-2H3,(H,27,28,32). The molecule has 3 aromatic rings. The maximum atomic E-state index is 13.9. The van der Waals surface area contributed by atoms with Crippen LogP contribution in [0, 0.1) is 5.82 Å². The zero-order valence-electron chi connectivity index (χ0n) is 18.5. The number of aliphatic hydroxyl groups is 1. The van der Waals surface area contributed by atoms with Crippen LogP contribution in [0.3, 0.4) is 0 Å². The van der Waals surface area contributed by atoms with E-state index >= 15 is 0 Å². The van der Waals surface area contributed by atoms with Crippen LogP contribution in [0.4, 0.5) is 10.2 Å². The van der Waals surface area contributed by atoms with Gasteiger partial charge in [-0.05, 0) is 35.4 Å². The van der Waals surface area contributed by atoms with Crippen molar-refractivity contribution in [1.29, 1.82) is 0 Å². The Morgan fingerprint density at radius 1 is 1.33 bits per heavy atom. The van der Waals surface area contributed by atoms with Crippen molar-refractivity contribution in [3.8, 4) is 11.1 Å². The lowest BCUT2D eigenvalue weighted by Crippen LogP contribution is -2.44. The van der Waals surface area contributed by atoms with Gasteiger partial charge in [0.15, 0.2) is 0 Å². The predicted octanol–water partition coefficient (Wildman–Crippen LogP) is 3.82. The summed E-state index contributed by atoms with van der Waals surface area (Å²) in [7, 11) is 1.66. The topological polar surface area (TPSA) is 79.6 Å². The van der Waals surface area contributed by atoms with Gasteiger partial charge in [0.1, 0.15) is 11.6 Å². The lowest BCUT2D eigenvalue weighted by Gasteiger charge is -2.36. The molecule has 0 fully saturated rings. The molecule has 0 radical (unpaired) electrons. The molecule has 1 aromatic carbocycles. The molecule has 0 bridgehead atoms. The van der Waals surface area contributed by atoms with E-state index < -0.39 is 0 Å². The molecule has 2 aromatic heterocycles. The molecule has 33 heavy (non-hydrogen) atoms. The van der Waals surface area contributed by atoms with Crippen molar-refractivity contribution in [3.05, 3.63) is 70.4 Å². The number of ether oxygens (including phenoxy) is 1. The third kappa shape index (κ3) is 5.25. The lowest BCUT2D eigenvalue weighted by atomic mass is 10.0. The number of nitrogens with one attached hydrogen (secondary N) is 1. The molecule has 1 atom stereocenters. The number of carbonyl (C=O) groups excluding carboxylic acids is 1. The summed E-state index contributed by atoms with van der Waals surface area (Å²) in [6.07, 6.45) is 3.56. The number of fused-ring (bicyclic) bond motifs is 1. The average Bonchev–Trinajstić information content (AvgIpc) is 3.18. The summed E-state index contributed by atoms with van der Waals surface area (Å²) < 4.78 is 21.5. The van der Waals surface area contributed by atoms with E-state index in [2.05, 4.69) is 25.8 Å². The first-order valence-electron chi connectivity index (χ1n) is 10.6. The van der Waals surface area contributed by atoms with E-state index in [1.54, 1.807) is 19.2 Å². The van der Waals surface area contributed by atoms with Crippen LogP contribution in [-0.4, -0.2) is 45.2 Å². The van der Waals surface area contributed by atoms with Gasteiger partial charge in [-0.25, -0.2) is 9.37 Å². The first kappa shape index (κ1) is 23.4. The summed E-state index contributed by atoms with van der Waals surface area (Å²) in [6, 6.07) is 8.36. The zero-order valence-corrected chi connectivity index (χ0v) is 19.3. The number of anilines is 1. The van der Waals surface area contributed by atoms with E-state index in [4.69, 9.17) is 16.3 Å². The first-order chi connectivity index (χ1) is 15.9. The van der Waals surface area contributed by atoms with Gasteiger partial charge in [-0.3, -0.25) is 9.69 Å². The molecule has 0 aliphatic carbocycles. The Balaban J connectivity index is 1.64. The molecule has 1 aliphatic heterocycles. The second-order valence-electron chi connectivity index (χ2n) is 8.19. The van der Waals surface area contributed by atoms with Gasteiger partial charge in [0, 0.05) is 62.9 Å². The molecule has 1 aliphatic rings. The Hall–Kier alpha value is -2.78. The molecule has 174 valence electrons. The first-order valence-corrected chi connectivity index (χ1v) is 11.0. The predicted molar refractivity (Wildman–Crippen MR) is 124 cm³/mol. The highest BCUT2D eigenvalue weighted by molar-refractivity contribution is 6.33. The minimum absolute atomic E-state index is 0.0698. The van der Waals surface area contributed by atoms with Crippen LogP contribution in [0.1, 0.15) is 23.7 Å². The van der Waals surface area contributed by atoms with Gasteiger partial charge in [0.2, 0.25) is 5.91 Å². The van der Waals surface area contributed by atoms with Crippen molar-refractivity contribution in [1.82, 2.24) is 14.5 Å². The van der Waals surface area contributed by atoms with Crippen LogP contribution < -0.4 is 5.32 Å². The van der Waals surface area contributed by atoms with Crippen LogP contribution >= 0.6 is 11.6 Å². The SMILES string of the molecule is COCC1Cn2cc(-c3cc(NC(C)=O)ncc3Cl)cc2CN1Cc1cc(F)ccc1CO. The molecule has 1 amide bonds. The number of pyridine rings is 1. The number of hydrogen-bond donors (Lipinski definition) is 2. The van der Waals surface area contributed by atoms with Crippen molar-refractivity contribution in [2.24, 2.45) is 0 Å². The van der Waals surface area contributed by atoms with Gasteiger partial charge >= 0.3 is 0 Å². The number of aliphatic hydroxyl groups excluding tert-OH is 1. The number of benzene rings is 1. The molecule has 3 heterocycles. The molecule has 0 spiro atoms. The van der Waals surface area contributed by atoms with Crippen molar-refractivity contribution in [3.63, 3.8) is 0 Å². The summed E-state index contributed by atoms with van der Waals surface area (Å²) in [4.78, 5) is 17.8. The van der Waals surface area contributed by atoms with Gasteiger partial charge in [0.25, 0.3) is 0 Å². The second kappa shape index (κ2) is 10.0. The van der Waals surface area contributed by atoms with Gasteiger partial charge in [-0.1, -0.05) is 17.7 Å². The molecule has 4 rings (SSSR count). The molecular weight excluding hydrogens is 447 g/mol. The summed E-state index contributed by atoms with van der Waals surface area (Å²) in [5.41, 5.74) is 4.25. The summed E-state index contributed by atoms with van der Waals surface area (Å²) in [5.74, 6) is -0.0901. The Morgan fingerprint density at radius 2 is 2.15 bits per heavy atom. The minimum Gasteiger partial charge on any atom is -0.392 e. The van der Waals surface area contributed by atoms with E-state index in [9.17, 15) is 14.3 Å². The molecular formula is C24H26ClFN4O3. The molecule has 7 nitrogen and oxygen atoms in total. The van der Waals surface area contributed by atoms with Crippen LogP contribution in [0.5, 0.6) is 0 Å². The van der Waals surface area contributed by atoms with Gasteiger partial charge < -0.3 is 19.7 Å². The minimum atomic E-state index is -0.324. The molecule has 2 N–H and O–H groups in total. The summed E-state index contributed by atoms with van der Waals surface area (Å²) >= 11 is 6.42. The quantitative estimate of drug-likeness (QED) is 0.546. The lowest BCUT2D eigenvalue weighted by molar-refractivity contribution is -0.114. The maximum absolute atomic E-state index is 13.9. The number of aromatic nitrogens is 2. The fourth-order valence-corrected chi connectivity index (χ4v) is 4.46. The number of methoxy groups -OCH3 is 1. The fourth-order valence-electron chi connectivity index (χ4n) is 4.24. The molecule has 1 unspecified atom stereocenters. The molecule has 9 heteroatoms.